The number of rotatable bonds is 5. The largest absolute Gasteiger partial charge is 0.462 e. The SMILES string of the molecule is CCOC(=O)c1ccc(NC(=S)N/N=C(\C)c2ccccn2)cc1. The van der Waals surface area contributed by atoms with E-state index in [0.29, 0.717) is 17.3 Å². The summed E-state index contributed by atoms with van der Waals surface area (Å²) in [5.41, 5.74) is 5.49. The summed E-state index contributed by atoms with van der Waals surface area (Å²) in [5.74, 6) is -0.347. The van der Waals surface area contributed by atoms with Crippen molar-refractivity contribution in [1.82, 2.24) is 10.4 Å². The maximum atomic E-state index is 11.6. The van der Waals surface area contributed by atoms with Gasteiger partial charge in [-0.05, 0) is 62.5 Å². The maximum Gasteiger partial charge on any atom is 0.338 e. The number of ether oxygens (including phenoxy) is 1. The van der Waals surface area contributed by atoms with Gasteiger partial charge in [-0.25, -0.2) is 4.79 Å². The van der Waals surface area contributed by atoms with Crippen molar-refractivity contribution in [3.05, 3.63) is 59.9 Å². The molecule has 0 aliphatic heterocycles. The summed E-state index contributed by atoms with van der Waals surface area (Å²) >= 11 is 5.19. The Hall–Kier alpha value is -2.80. The molecule has 1 aromatic heterocycles. The highest BCUT2D eigenvalue weighted by Gasteiger charge is 2.06. The van der Waals surface area contributed by atoms with Gasteiger partial charge in [-0.15, -0.1) is 0 Å². The zero-order chi connectivity index (χ0) is 17.4. The smallest absolute Gasteiger partial charge is 0.338 e. The van der Waals surface area contributed by atoms with E-state index in [2.05, 4.69) is 20.8 Å². The highest BCUT2D eigenvalue weighted by molar-refractivity contribution is 7.80. The van der Waals surface area contributed by atoms with Crippen molar-refractivity contribution in [3.63, 3.8) is 0 Å². The molecule has 0 aliphatic carbocycles. The molecule has 0 unspecified atom stereocenters. The number of hydrogen-bond donors (Lipinski definition) is 2. The van der Waals surface area contributed by atoms with Crippen LogP contribution in [0.2, 0.25) is 0 Å². The third-order valence-electron chi connectivity index (χ3n) is 3.01. The van der Waals surface area contributed by atoms with Crippen LogP contribution in [0.25, 0.3) is 0 Å². The van der Waals surface area contributed by atoms with Gasteiger partial charge in [-0.2, -0.15) is 5.10 Å². The van der Waals surface area contributed by atoms with Gasteiger partial charge >= 0.3 is 5.97 Å². The second-order valence-corrected chi connectivity index (χ2v) is 5.18. The molecule has 0 spiro atoms. The van der Waals surface area contributed by atoms with Crippen LogP contribution in [-0.2, 0) is 4.74 Å². The van der Waals surface area contributed by atoms with Crippen molar-refractivity contribution in [2.45, 2.75) is 13.8 Å². The van der Waals surface area contributed by atoms with Gasteiger partial charge in [-0.3, -0.25) is 10.4 Å². The normalized spacial score (nSPS) is 10.8. The minimum atomic E-state index is -0.347. The number of benzene rings is 1. The molecule has 0 saturated carbocycles. The summed E-state index contributed by atoms with van der Waals surface area (Å²) < 4.78 is 4.93. The molecular weight excluding hydrogens is 324 g/mol. The van der Waals surface area contributed by atoms with Crippen LogP contribution >= 0.6 is 12.2 Å². The van der Waals surface area contributed by atoms with Gasteiger partial charge in [0.05, 0.1) is 23.6 Å². The lowest BCUT2D eigenvalue weighted by molar-refractivity contribution is 0.0526. The molecule has 0 aliphatic rings. The van der Waals surface area contributed by atoms with Crippen molar-refractivity contribution in [3.8, 4) is 0 Å². The fourth-order valence-electron chi connectivity index (χ4n) is 1.83. The van der Waals surface area contributed by atoms with Crippen molar-refractivity contribution in [2.24, 2.45) is 5.10 Å². The summed E-state index contributed by atoms with van der Waals surface area (Å²) in [7, 11) is 0. The van der Waals surface area contributed by atoms with Crippen LogP contribution < -0.4 is 10.7 Å². The predicted molar refractivity (Wildman–Crippen MR) is 98.2 cm³/mol. The quantitative estimate of drug-likeness (QED) is 0.377. The zero-order valence-electron chi connectivity index (χ0n) is 13.4. The lowest BCUT2D eigenvalue weighted by atomic mass is 10.2. The van der Waals surface area contributed by atoms with Crippen LogP contribution in [-0.4, -0.2) is 28.4 Å². The lowest BCUT2D eigenvalue weighted by Gasteiger charge is -2.08. The molecule has 0 radical (unpaired) electrons. The summed E-state index contributed by atoms with van der Waals surface area (Å²) in [6.45, 7) is 3.96. The number of esters is 1. The Kier molecular flexibility index (Phi) is 6.39. The van der Waals surface area contributed by atoms with E-state index in [1.165, 1.54) is 0 Å². The first-order chi connectivity index (χ1) is 11.6. The predicted octanol–water partition coefficient (Wildman–Crippen LogP) is 2.97. The number of hydrogen-bond acceptors (Lipinski definition) is 5. The first kappa shape index (κ1) is 17.6. The second kappa shape index (κ2) is 8.73. The Morgan fingerprint density at radius 2 is 2.00 bits per heavy atom. The van der Waals surface area contributed by atoms with Crippen LogP contribution in [0.15, 0.2) is 53.8 Å². The number of thiocarbonyl (C=S) groups is 1. The number of carbonyl (C=O) groups is 1. The third-order valence-corrected chi connectivity index (χ3v) is 3.21. The summed E-state index contributed by atoms with van der Waals surface area (Å²) in [6, 6.07) is 12.4. The van der Waals surface area contributed by atoms with E-state index in [0.717, 1.165) is 17.1 Å². The van der Waals surface area contributed by atoms with Crippen molar-refractivity contribution >= 4 is 34.7 Å². The Balaban J connectivity index is 1.91. The highest BCUT2D eigenvalue weighted by Crippen LogP contribution is 2.10. The Morgan fingerprint density at radius 3 is 2.62 bits per heavy atom. The van der Waals surface area contributed by atoms with Gasteiger partial charge in [0.25, 0.3) is 0 Å². The Morgan fingerprint density at radius 1 is 1.25 bits per heavy atom. The summed E-state index contributed by atoms with van der Waals surface area (Å²) in [4.78, 5) is 15.8. The molecule has 124 valence electrons. The topological polar surface area (TPSA) is 75.6 Å². The van der Waals surface area contributed by atoms with Gasteiger partial charge in [0.1, 0.15) is 0 Å². The van der Waals surface area contributed by atoms with Crippen LogP contribution in [0.5, 0.6) is 0 Å². The van der Waals surface area contributed by atoms with E-state index in [1.807, 2.05) is 25.1 Å². The van der Waals surface area contributed by atoms with Crippen molar-refractivity contribution in [1.29, 1.82) is 0 Å². The minimum Gasteiger partial charge on any atom is -0.462 e. The molecule has 24 heavy (non-hydrogen) atoms. The number of carbonyl (C=O) groups excluding carboxylic acids is 1. The van der Waals surface area contributed by atoms with E-state index in [9.17, 15) is 4.79 Å². The number of hydrazone groups is 1. The molecule has 2 aromatic rings. The molecule has 7 heteroatoms. The Labute approximate surface area is 145 Å². The number of pyridine rings is 1. The summed E-state index contributed by atoms with van der Waals surface area (Å²) in [5, 5.41) is 7.52. The number of aromatic nitrogens is 1. The van der Waals surface area contributed by atoms with E-state index < -0.39 is 0 Å². The van der Waals surface area contributed by atoms with Crippen LogP contribution in [0.4, 0.5) is 5.69 Å². The van der Waals surface area contributed by atoms with E-state index in [-0.39, 0.29) is 5.97 Å². The molecule has 1 heterocycles. The lowest BCUT2D eigenvalue weighted by Crippen LogP contribution is -2.25. The molecule has 0 bridgehead atoms. The molecular formula is C17H18N4O2S. The average Bonchev–Trinajstić information content (AvgIpc) is 2.61. The third kappa shape index (κ3) is 5.13. The first-order valence-electron chi connectivity index (χ1n) is 7.40. The van der Waals surface area contributed by atoms with Crippen LogP contribution in [0.3, 0.4) is 0 Å². The zero-order valence-corrected chi connectivity index (χ0v) is 14.3. The van der Waals surface area contributed by atoms with Crippen molar-refractivity contribution < 1.29 is 9.53 Å². The van der Waals surface area contributed by atoms with Crippen molar-refractivity contribution in [2.75, 3.05) is 11.9 Å². The maximum absolute atomic E-state index is 11.6. The van der Waals surface area contributed by atoms with Gasteiger partial charge < -0.3 is 10.1 Å². The first-order valence-corrected chi connectivity index (χ1v) is 7.81. The number of nitrogens with one attached hydrogen (secondary N) is 2. The van der Waals surface area contributed by atoms with E-state index in [4.69, 9.17) is 17.0 Å². The molecule has 1 aromatic carbocycles. The molecule has 0 amide bonds. The fourth-order valence-corrected chi connectivity index (χ4v) is 2.00. The van der Waals surface area contributed by atoms with Gasteiger partial charge in [-0.1, -0.05) is 6.07 Å². The van der Waals surface area contributed by atoms with E-state index in [1.54, 1.807) is 37.4 Å². The minimum absolute atomic E-state index is 0.342. The van der Waals surface area contributed by atoms with Crippen LogP contribution in [0, 0.1) is 0 Å². The summed E-state index contributed by atoms with van der Waals surface area (Å²) in [6.07, 6.45) is 1.70. The molecule has 0 atom stereocenters. The molecule has 0 saturated heterocycles. The standard InChI is InChI=1S/C17H18N4O2S/c1-3-23-16(22)13-7-9-14(10-8-13)19-17(24)21-20-12(2)15-6-4-5-11-18-15/h4-11H,3H2,1-2H3,(H2,19,21,24)/b20-12+. The van der Waals surface area contributed by atoms with E-state index >= 15 is 0 Å². The van der Waals surface area contributed by atoms with Gasteiger partial charge in [0.15, 0.2) is 5.11 Å². The highest BCUT2D eigenvalue weighted by atomic mass is 32.1. The molecule has 0 fully saturated rings. The molecule has 2 N–H and O–H groups in total. The van der Waals surface area contributed by atoms with Crippen LogP contribution in [0.1, 0.15) is 29.9 Å². The fraction of sp³-hybridized carbons (Fsp3) is 0.176. The number of anilines is 1. The molecule has 6 nitrogen and oxygen atoms in total. The van der Waals surface area contributed by atoms with Gasteiger partial charge in [0.2, 0.25) is 0 Å². The monoisotopic (exact) mass is 342 g/mol. The Bertz CT molecular complexity index is 730. The average molecular weight is 342 g/mol. The molecule has 2 rings (SSSR count). The second-order valence-electron chi connectivity index (χ2n) is 4.78. The van der Waals surface area contributed by atoms with Gasteiger partial charge in [0, 0.05) is 11.9 Å². The number of nitrogens with zero attached hydrogens (tertiary/aromatic N) is 2.